The molecule has 1 atom stereocenters. The molecule has 0 spiro atoms. The molecule has 1 saturated heterocycles. The number of nitrogens with one attached hydrogen (secondary N) is 1. The van der Waals surface area contributed by atoms with Crippen LogP contribution in [-0.2, 0) is 15.1 Å². The highest BCUT2D eigenvalue weighted by Crippen LogP contribution is 2.32. The molecule has 1 aliphatic heterocycles. The minimum absolute atomic E-state index is 0.0856. The number of carbonyl (C=O) groups is 3. The monoisotopic (exact) mass is 289 g/mol. The second-order valence-electron chi connectivity index (χ2n) is 5.39. The topological polar surface area (TPSA) is 69.7 Å². The number of rotatable bonds is 4. The number of amides is 4. The molecule has 1 aliphatic rings. The van der Waals surface area contributed by atoms with Crippen molar-refractivity contribution in [1.29, 1.82) is 0 Å². The average molecular weight is 289 g/mol. The Bertz CT molecular complexity index is 571. The molecule has 6 heteroatoms. The van der Waals surface area contributed by atoms with E-state index in [0.29, 0.717) is 0 Å². The Labute approximate surface area is 123 Å². The molecule has 1 aromatic rings. The van der Waals surface area contributed by atoms with Crippen molar-refractivity contribution in [3.8, 4) is 0 Å². The van der Waals surface area contributed by atoms with Gasteiger partial charge in [-0.2, -0.15) is 0 Å². The summed E-state index contributed by atoms with van der Waals surface area (Å²) < 4.78 is 0. The molecule has 0 aliphatic carbocycles. The van der Waals surface area contributed by atoms with Gasteiger partial charge >= 0.3 is 6.03 Å². The minimum Gasteiger partial charge on any atom is -0.349 e. The molecule has 1 aromatic carbocycles. The maximum absolute atomic E-state index is 12.2. The highest BCUT2D eigenvalue weighted by molar-refractivity contribution is 6.07. The van der Waals surface area contributed by atoms with Crippen LogP contribution in [0.3, 0.4) is 0 Å². The fourth-order valence-electron chi connectivity index (χ4n) is 2.42. The standard InChI is InChI=1S/C15H19N3O3/c1-15(11-7-5-4-6-8-11)13(20)16-14(21)18(15)10-9-12(19)17(2)3/h4-8H,9-10H2,1-3H3,(H,16,20,21). The molecular weight excluding hydrogens is 270 g/mol. The molecular formula is C15H19N3O3. The molecule has 1 heterocycles. The van der Waals surface area contributed by atoms with Crippen molar-refractivity contribution < 1.29 is 14.4 Å². The minimum atomic E-state index is -1.08. The lowest BCUT2D eigenvalue weighted by molar-refractivity contribution is -0.130. The van der Waals surface area contributed by atoms with Crippen LogP contribution in [0.15, 0.2) is 30.3 Å². The summed E-state index contributed by atoms with van der Waals surface area (Å²) in [6.45, 7) is 1.89. The Kier molecular flexibility index (Phi) is 3.97. The van der Waals surface area contributed by atoms with Gasteiger partial charge in [-0.15, -0.1) is 0 Å². The normalized spacial score (nSPS) is 21.4. The summed E-state index contributed by atoms with van der Waals surface area (Å²) in [6, 6.07) is 8.64. The van der Waals surface area contributed by atoms with Gasteiger partial charge in [0.1, 0.15) is 5.54 Å². The van der Waals surface area contributed by atoms with Gasteiger partial charge in [0.05, 0.1) is 0 Å². The number of benzene rings is 1. The summed E-state index contributed by atoms with van der Waals surface area (Å²) in [4.78, 5) is 38.9. The van der Waals surface area contributed by atoms with E-state index >= 15 is 0 Å². The van der Waals surface area contributed by atoms with Gasteiger partial charge in [-0.25, -0.2) is 4.79 Å². The van der Waals surface area contributed by atoms with E-state index in [4.69, 9.17) is 0 Å². The van der Waals surface area contributed by atoms with Gasteiger partial charge in [-0.1, -0.05) is 30.3 Å². The van der Waals surface area contributed by atoms with Gasteiger partial charge in [-0.3, -0.25) is 14.9 Å². The molecule has 1 fully saturated rings. The van der Waals surface area contributed by atoms with Crippen molar-refractivity contribution in [2.45, 2.75) is 18.9 Å². The SMILES string of the molecule is CN(C)C(=O)CCN1C(=O)NC(=O)C1(C)c1ccccc1. The van der Waals surface area contributed by atoms with Gasteiger partial charge in [0.2, 0.25) is 5.91 Å². The number of carbonyl (C=O) groups excluding carboxylic acids is 3. The van der Waals surface area contributed by atoms with E-state index in [1.165, 1.54) is 9.80 Å². The first-order chi connectivity index (χ1) is 9.87. The second kappa shape index (κ2) is 5.55. The third-order valence-corrected chi connectivity index (χ3v) is 3.83. The molecule has 4 amide bonds. The van der Waals surface area contributed by atoms with Gasteiger partial charge in [-0.05, 0) is 12.5 Å². The largest absolute Gasteiger partial charge is 0.349 e. The zero-order valence-electron chi connectivity index (χ0n) is 12.4. The number of urea groups is 1. The van der Waals surface area contributed by atoms with Crippen LogP contribution in [0.2, 0.25) is 0 Å². The highest BCUT2D eigenvalue weighted by Gasteiger charge is 2.50. The Morgan fingerprint density at radius 3 is 2.43 bits per heavy atom. The molecule has 112 valence electrons. The first-order valence-corrected chi connectivity index (χ1v) is 6.76. The van der Waals surface area contributed by atoms with Gasteiger partial charge in [0, 0.05) is 27.1 Å². The van der Waals surface area contributed by atoms with E-state index in [9.17, 15) is 14.4 Å². The van der Waals surface area contributed by atoms with Crippen LogP contribution in [0.1, 0.15) is 18.9 Å². The smallest absolute Gasteiger partial charge is 0.325 e. The summed E-state index contributed by atoms with van der Waals surface area (Å²) in [6.07, 6.45) is 0.177. The highest BCUT2D eigenvalue weighted by atomic mass is 16.2. The maximum Gasteiger partial charge on any atom is 0.325 e. The van der Waals surface area contributed by atoms with Crippen LogP contribution in [-0.4, -0.2) is 48.3 Å². The van der Waals surface area contributed by atoms with E-state index in [0.717, 1.165) is 5.56 Å². The zero-order chi connectivity index (χ0) is 15.6. The van der Waals surface area contributed by atoms with E-state index in [1.54, 1.807) is 33.2 Å². The van der Waals surface area contributed by atoms with Crippen LogP contribution in [0, 0.1) is 0 Å². The lowest BCUT2D eigenvalue weighted by Crippen LogP contribution is -2.45. The van der Waals surface area contributed by atoms with Crippen LogP contribution < -0.4 is 5.32 Å². The number of hydrogen-bond acceptors (Lipinski definition) is 3. The summed E-state index contributed by atoms with van der Waals surface area (Å²) in [7, 11) is 3.32. The molecule has 2 rings (SSSR count). The van der Waals surface area contributed by atoms with Crippen LogP contribution in [0.5, 0.6) is 0 Å². The van der Waals surface area contributed by atoms with E-state index in [2.05, 4.69) is 5.32 Å². The van der Waals surface area contributed by atoms with E-state index < -0.39 is 11.6 Å². The predicted octanol–water partition coefficient (Wildman–Crippen LogP) is 0.932. The van der Waals surface area contributed by atoms with Crippen molar-refractivity contribution in [3.05, 3.63) is 35.9 Å². The van der Waals surface area contributed by atoms with Gasteiger partial charge < -0.3 is 9.80 Å². The Morgan fingerprint density at radius 1 is 1.24 bits per heavy atom. The quantitative estimate of drug-likeness (QED) is 0.838. The van der Waals surface area contributed by atoms with Crippen LogP contribution in [0.25, 0.3) is 0 Å². The molecule has 0 saturated carbocycles. The fourth-order valence-corrected chi connectivity index (χ4v) is 2.42. The molecule has 1 unspecified atom stereocenters. The van der Waals surface area contributed by atoms with Crippen molar-refractivity contribution in [2.24, 2.45) is 0 Å². The summed E-state index contributed by atoms with van der Waals surface area (Å²) >= 11 is 0. The average Bonchev–Trinajstić information content (AvgIpc) is 2.68. The second-order valence-corrected chi connectivity index (χ2v) is 5.39. The number of imide groups is 1. The molecule has 21 heavy (non-hydrogen) atoms. The van der Waals surface area contributed by atoms with E-state index in [-0.39, 0.29) is 24.8 Å². The van der Waals surface area contributed by atoms with Crippen molar-refractivity contribution in [2.75, 3.05) is 20.6 Å². The molecule has 0 bridgehead atoms. The summed E-state index contributed by atoms with van der Waals surface area (Å²) in [5.41, 5.74) is -0.351. The fraction of sp³-hybridized carbons (Fsp3) is 0.400. The third-order valence-electron chi connectivity index (χ3n) is 3.83. The Hall–Kier alpha value is -2.37. The number of hydrogen-bond donors (Lipinski definition) is 1. The molecule has 6 nitrogen and oxygen atoms in total. The maximum atomic E-state index is 12.2. The van der Waals surface area contributed by atoms with Gasteiger partial charge in [0.25, 0.3) is 5.91 Å². The first-order valence-electron chi connectivity index (χ1n) is 6.76. The zero-order valence-corrected chi connectivity index (χ0v) is 12.4. The summed E-state index contributed by atoms with van der Waals surface area (Å²) in [5, 5.41) is 2.33. The Morgan fingerprint density at radius 2 is 1.86 bits per heavy atom. The van der Waals surface area contributed by atoms with Crippen LogP contribution in [0.4, 0.5) is 4.79 Å². The first kappa shape index (κ1) is 15.0. The lowest BCUT2D eigenvalue weighted by atomic mass is 9.90. The molecule has 1 N–H and O–H groups in total. The predicted molar refractivity (Wildman–Crippen MR) is 77.3 cm³/mol. The lowest BCUT2D eigenvalue weighted by Gasteiger charge is -2.32. The van der Waals surface area contributed by atoms with Crippen molar-refractivity contribution in [1.82, 2.24) is 15.1 Å². The van der Waals surface area contributed by atoms with Gasteiger partial charge in [0.15, 0.2) is 0 Å². The van der Waals surface area contributed by atoms with Crippen molar-refractivity contribution >= 4 is 17.8 Å². The molecule has 0 aromatic heterocycles. The molecule has 0 radical (unpaired) electrons. The Balaban J connectivity index is 2.27. The summed E-state index contributed by atoms with van der Waals surface area (Å²) in [5.74, 6) is -0.450. The van der Waals surface area contributed by atoms with E-state index in [1.807, 2.05) is 18.2 Å². The van der Waals surface area contributed by atoms with Crippen LogP contribution >= 0.6 is 0 Å². The third kappa shape index (κ3) is 2.61. The van der Waals surface area contributed by atoms with Crippen molar-refractivity contribution in [3.63, 3.8) is 0 Å². The number of nitrogens with zero attached hydrogens (tertiary/aromatic N) is 2.